The minimum Gasteiger partial charge on any atom is -0.362 e. The Hall–Kier alpha value is -1.40. The number of carbonyl (C=O) groups excluding carboxylic acids is 1. The Balaban J connectivity index is 1.30. The molecule has 4 rings (SSSR count). The van der Waals surface area contributed by atoms with Crippen molar-refractivity contribution < 1.29 is 9.53 Å². The third-order valence-corrected chi connectivity index (χ3v) is 6.21. The normalized spacial score (nSPS) is 33.0. The zero-order valence-electron chi connectivity index (χ0n) is 15.4. The molecule has 1 aromatic heterocycles. The maximum absolute atomic E-state index is 12.4. The molecule has 1 aliphatic carbocycles. The Labute approximate surface area is 149 Å². The van der Waals surface area contributed by atoms with Crippen LogP contribution in [0.15, 0.2) is 12.4 Å². The topological polar surface area (TPSA) is 59.4 Å². The molecule has 0 bridgehead atoms. The van der Waals surface area contributed by atoms with Crippen LogP contribution >= 0.6 is 0 Å². The Bertz CT molecular complexity index is 627. The highest BCUT2D eigenvalue weighted by Crippen LogP contribution is 2.42. The number of aromatic nitrogens is 2. The van der Waals surface area contributed by atoms with E-state index in [1.165, 1.54) is 18.4 Å². The van der Waals surface area contributed by atoms with Crippen molar-refractivity contribution in [1.29, 1.82) is 0 Å². The second kappa shape index (κ2) is 6.72. The Morgan fingerprint density at radius 1 is 1.40 bits per heavy atom. The zero-order valence-corrected chi connectivity index (χ0v) is 15.4. The standard InChI is InChI=1S/C19H30N4O2/c1-14-11-23(13-16-10-21-22(2)12-16)8-7-19(14)6-5-17(25-19)18(24)20-9-15-3-4-15/h10,12,14-15,17H,3-9,11,13H2,1-2H3,(H,20,24)/t14-,17?,19+/m1/s1. The molecule has 2 saturated heterocycles. The Morgan fingerprint density at radius 3 is 2.92 bits per heavy atom. The number of likely N-dealkylation sites (tertiary alicyclic amines) is 1. The minimum absolute atomic E-state index is 0.104. The third-order valence-electron chi connectivity index (χ3n) is 6.21. The average molecular weight is 346 g/mol. The highest BCUT2D eigenvalue weighted by Gasteiger charge is 2.48. The number of hydrogen-bond acceptors (Lipinski definition) is 4. The Morgan fingerprint density at radius 2 is 2.24 bits per heavy atom. The fourth-order valence-corrected chi connectivity index (χ4v) is 4.38. The maximum atomic E-state index is 12.4. The van der Waals surface area contributed by atoms with Gasteiger partial charge in [0, 0.05) is 45.0 Å². The second-order valence-electron chi connectivity index (χ2n) is 8.31. The predicted octanol–water partition coefficient (Wildman–Crippen LogP) is 1.71. The number of rotatable bonds is 5. The number of nitrogens with zero attached hydrogens (tertiary/aromatic N) is 3. The van der Waals surface area contributed by atoms with Crippen LogP contribution in [0.4, 0.5) is 0 Å². The van der Waals surface area contributed by atoms with E-state index >= 15 is 0 Å². The van der Waals surface area contributed by atoms with Crippen molar-refractivity contribution in [3.63, 3.8) is 0 Å². The van der Waals surface area contributed by atoms with Crippen LogP contribution in [0.25, 0.3) is 0 Å². The fourth-order valence-electron chi connectivity index (χ4n) is 4.38. The molecule has 6 nitrogen and oxygen atoms in total. The van der Waals surface area contributed by atoms with E-state index in [0.29, 0.717) is 11.8 Å². The van der Waals surface area contributed by atoms with Gasteiger partial charge in [0.15, 0.2) is 0 Å². The molecule has 2 aliphatic heterocycles. The lowest BCUT2D eigenvalue weighted by molar-refractivity contribution is -0.147. The molecule has 1 saturated carbocycles. The van der Waals surface area contributed by atoms with Gasteiger partial charge >= 0.3 is 0 Å². The maximum Gasteiger partial charge on any atom is 0.249 e. The lowest BCUT2D eigenvalue weighted by Gasteiger charge is -2.44. The van der Waals surface area contributed by atoms with E-state index in [2.05, 4.69) is 28.4 Å². The van der Waals surface area contributed by atoms with Gasteiger partial charge in [-0.15, -0.1) is 0 Å². The van der Waals surface area contributed by atoms with Crippen molar-refractivity contribution in [2.45, 2.75) is 57.3 Å². The summed E-state index contributed by atoms with van der Waals surface area (Å²) in [6.07, 6.45) is 9.20. The molecule has 3 fully saturated rings. The number of hydrogen-bond donors (Lipinski definition) is 1. The molecule has 6 heteroatoms. The zero-order chi connectivity index (χ0) is 17.4. The first-order valence-corrected chi connectivity index (χ1v) is 9.69. The average Bonchev–Trinajstić information content (AvgIpc) is 3.18. The van der Waals surface area contributed by atoms with E-state index in [0.717, 1.165) is 45.4 Å². The summed E-state index contributed by atoms with van der Waals surface area (Å²) in [7, 11) is 1.96. The van der Waals surface area contributed by atoms with Crippen molar-refractivity contribution in [2.24, 2.45) is 18.9 Å². The first-order valence-electron chi connectivity index (χ1n) is 9.69. The van der Waals surface area contributed by atoms with Crippen LogP contribution in [0.1, 0.15) is 44.6 Å². The molecule has 3 heterocycles. The van der Waals surface area contributed by atoms with Crippen molar-refractivity contribution in [3.05, 3.63) is 18.0 Å². The van der Waals surface area contributed by atoms with Gasteiger partial charge in [-0.3, -0.25) is 14.4 Å². The van der Waals surface area contributed by atoms with Gasteiger partial charge in [-0.2, -0.15) is 5.10 Å². The third kappa shape index (κ3) is 3.75. The number of carbonyl (C=O) groups is 1. The molecule has 1 N–H and O–H groups in total. The largest absolute Gasteiger partial charge is 0.362 e. The molecule has 1 unspecified atom stereocenters. The molecule has 1 amide bonds. The molecular weight excluding hydrogens is 316 g/mol. The highest BCUT2D eigenvalue weighted by molar-refractivity contribution is 5.81. The summed E-state index contributed by atoms with van der Waals surface area (Å²) in [5, 5.41) is 7.34. The van der Waals surface area contributed by atoms with Gasteiger partial charge in [-0.1, -0.05) is 6.92 Å². The predicted molar refractivity (Wildman–Crippen MR) is 94.8 cm³/mol. The fraction of sp³-hybridized carbons (Fsp3) is 0.789. The Kier molecular flexibility index (Phi) is 4.58. The van der Waals surface area contributed by atoms with Crippen LogP contribution < -0.4 is 5.32 Å². The molecular formula is C19H30N4O2. The van der Waals surface area contributed by atoms with Crippen molar-refractivity contribution in [1.82, 2.24) is 20.0 Å². The lowest BCUT2D eigenvalue weighted by Crippen LogP contribution is -2.51. The van der Waals surface area contributed by atoms with Gasteiger partial charge in [0.1, 0.15) is 6.10 Å². The van der Waals surface area contributed by atoms with E-state index in [1.54, 1.807) is 0 Å². The summed E-state index contributed by atoms with van der Waals surface area (Å²) in [6.45, 7) is 6.10. The van der Waals surface area contributed by atoms with Gasteiger partial charge in [-0.05, 0) is 43.9 Å². The van der Waals surface area contributed by atoms with Crippen molar-refractivity contribution in [2.75, 3.05) is 19.6 Å². The van der Waals surface area contributed by atoms with Crippen LogP contribution in [-0.4, -0.2) is 51.9 Å². The van der Waals surface area contributed by atoms with E-state index in [-0.39, 0.29) is 17.6 Å². The lowest BCUT2D eigenvalue weighted by atomic mass is 9.80. The van der Waals surface area contributed by atoms with E-state index in [4.69, 9.17) is 4.74 Å². The quantitative estimate of drug-likeness (QED) is 0.882. The molecule has 25 heavy (non-hydrogen) atoms. The van der Waals surface area contributed by atoms with Crippen LogP contribution in [0, 0.1) is 11.8 Å². The van der Waals surface area contributed by atoms with E-state index in [9.17, 15) is 4.79 Å². The smallest absolute Gasteiger partial charge is 0.249 e. The van der Waals surface area contributed by atoms with Crippen LogP contribution in [0.2, 0.25) is 0 Å². The van der Waals surface area contributed by atoms with Gasteiger partial charge in [0.25, 0.3) is 0 Å². The molecule has 3 atom stereocenters. The number of piperidine rings is 1. The van der Waals surface area contributed by atoms with E-state index in [1.807, 2.05) is 17.9 Å². The van der Waals surface area contributed by atoms with Crippen molar-refractivity contribution >= 4 is 5.91 Å². The van der Waals surface area contributed by atoms with Gasteiger partial charge in [0.2, 0.25) is 5.91 Å². The summed E-state index contributed by atoms with van der Waals surface area (Å²) in [5.41, 5.74) is 1.16. The first kappa shape index (κ1) is 17.0. The number of ether oxygens (including phenoxy) is 1. The summed E-state index contributed by atoms with van der Waals surface area (Å²) in [5.74, 6) is 1.27. The summed E-state index contributed by atoms with van der Waals surface area (Å²) in [4.78, 5) is 14.8. The van der Waals surface area contributed by atoms with Gasteiger partial charge < -0.3 is 10.1 Å². The van der Waals surface area contributed by atoms with E-state index < -0.39 is 0 Å². The monoisotopic (exact) mass is 346 g/mol. The number of nitrogens with one attached hydrogen (secondary N) is 1. The summed E-state index contributed by atoms with van der Waals surface area (Å²) < 4.78 is 8.22. The SMILES string of the molecule is C[C@@H]1CN(Cc2cnn(C)c2)CC[C@@]12CCC(C(=O)NCC1CC1)O2. The van der Waals surface area contributed by atoms with Crippen LogP contribution in [0.3, 0.4) is 0 Å². The molecule has 0 radical (unpaired) electrons. The summed E-state index contributed by atoms with van der Waals surface area (Å²) >= 11 is 0. The number of amides is 1. The number of aryl methyl sites for hydroxylation is 1. The van der Waals surface area contributed by atoms with Gasteiger partial charge in [0.05, 0.1) is 11.8 Å². The molecule has 3 aliphatic rings. The second-order valence-corrected chi connectivity index (χ2v) is 8.31. The van der Waals surface area contributed by atoms with Gasteiger partial charge in [-0.25, -0.2) is 0 Å². The minimum atomic E-state index is -0.244. The molecule has 1 spiro atoms. The van der Waals surface area contributed by atoms with Crippen LogP contribution in [-0.2, 0) is 23.1 Å². The van der Waals surface area contributed by atoms with Crippen molar-refractivity contribution in [3.8, 4) is 0 Å². The highest BCUT2D eigenvalue weighted by atomic mass is 16.5. The first-order chi connectivity index (χ1) is 12.0. The molecule has 1 aromatic rings. The van der Waals surface area contributed by atoms with Crippen LogP contribution in [0.5, 0.6) is 0 Å². The summed E-state index contributed by atoms with van der Waals surface area (Å²) in [6, 6.07) is 0. The molecule has 0 aromatic carbocycles. The molecule has 138 valence electrons.